The Morgan fingerprint density at radius 3 is 2.66 bits per heavy atom. The quantitative estimate of drug-likeness (QED) is 0.743. The highest BCUT2D eigenvalue weighted by Gasteiger charge is 2.50. The van der Waals surface area contributed by atoms with E-state index in [9.17, 15) is 17.2 Å². The van der Waals surface area contributed by atoms with Crippen molar-refractivity contribution in [1.82, 2.24) is 9.21 Å². The summed E-state index contributed by atoms with van der Waals surface area (Å²) in [5.74, 6) is -2.66. The zero-order valence-electron chi connectivity index (χ0n) is 16.2. The van der Waals surface area contributed by atoms with Gasteiger partial charge in [-0.3, -0.25) is 4.90 Å². The lowest BCUT2D eigenvalue weighted by Crippen LogP contribution is -2.44. The second kappa shape index (κ2) is 7.66. The predicted molar refractivity (Wildman–Crippen MR) is 106 cm³/mol. The number of fused-ring (bicyclic) bond motifs is 1. The number of benzene rings is 2. The van der Waals surface area contributed by atoms with Gasteiger partial charge in [0.05, 0.1) is 18.6 Å². The molecule has 0 amide bonds. The summed E-state index contributed by atoms with van der Waals surface area (Å²) in [7, 11) is -2.62. The third kappa shape index (κ3) is 4.15. The summed E-state index contributed by atoms with van der Waals surface area (Å²) in [4.78, 5) is 2.05. The number of alkyl halides is 2. The standard InChI is InChI=1S/C21H24F2N2O3S/c1-28-19-7-4-8-20(11-19)29(26,27)25-15-21(22,23)12-18(25)14-24-10-9-16-5-2-3-6-17(16)13-24/h2-8,11,18H,9-10,12-15H2,1H3/t18-/m0/s1. The summed E-state index contributed by atoms with van der Waals surface area (Å²) in [6.07, 6.45) is 0.371. The predicted octanol–water partition coefficient (Wildman–Crippen LogP) is 3.15. The molecule has 0 saturated carbocycles. The summed E-state index contributed by atoms with van der Waals surface area (Å²) in [6.45, 7) is 0.867. The van der Waals surface area contributed by atoms with E-state index in [0.717, 1.165) is 17.3 Å². The molecule has 0 N–H and O–H groups in total. The van der Waals surface area contributed by atoms with E-state index < -0.39 is 35.0 Å². The molecule has 29 heavy (non-hydrogen) atoms. The van der Waals surface area contributed by atoms with E-state index in [2.05, 4.69) is 11.0 Å². The lowest BCUT2D eigenvalue weighted by Gasteiger charge is -2.33. The fourth-order valence-electron chi connectivity index (χ4n) is 4.21. The SMILES string of the molecule is COc1cccc(S(=O)(=O)N2CC(F)(F)C[C@H]2CN2CCc3ccccc3C2)c1. The number of methoxy groups -OCH3 is 1. The summed E-state index contributed by atoms with van der Waals surface area (Å²) in [5.41, 5.74) is 2.44. The zero-order chi connectivity index (χ0) is 20.6. The van der Waals surface area contributed by atoms with Crippen LogP contribution in [-0.2, 0) is 23.0 Å². The average molecular weight is 422 g/mol. The van der Waals surface area contributed by atoms with Crippen LogP contribution in [0.2, 0.25) is 0 Å². The average Bonchev–Trinajstić information content (AvgIpc) is 3.02. The number of ether oxygens (including phenoxy) is 1. The lowest BCUT2D eigenvalue weighted by molar-refractivity contribution is 0.0165. The van der Waals surface area contributed by atoms with Crippen molar-refractivity contribution in [3.8, 4) is 5.75 Å². The maximum atomic E-state index is 14.3. The zero-order valence-corrected chi connectivity index (χ0v) is 17.0. The summed E-state index contributed by atoms with van der Waals surface area (Å²) < 4.78 is 60.9. The molecule has 0 bridgehead atoms. The third-order valence-electron chi connectivity index (χ3n) is 5.66. The van der Waals surface area contributed by atoms with Crippen molar-refractivity contribution >= 4 is 10.0 Å². The topological polar surface area (TPSA) is 49.9 Å². The molecule has 1 fully saturated rings. The van der Waals surface area contributed by atoms with Gasteiger partial charge in [0, 0.05) is 38.2 Å². The summed E-state index contributed by atoms with van der Waals surface area (Å²) >= 11 is 0. The van der Waals surface area contributed by atoms with Crippen LogP contribution in [0.3, 0.4) is 0 Å². The Bertz CT molecular complexity index is 997. The first-order chi connectivity index (χ1) is 13.8. The van der Waals surface area contributed by atoms with E-state index in [1.54, 1.807) is 12.1 Å². The van der Waals surface area contributed by atoms with Gasteiger partial charge in [-0.25, -0.2) is 17.2 Å². The van der Waals surface area contributed by atoms with E-state index in [1.165, 1.54) is 30.4 Å². The van der Waals surface area contributed by atoms with Gasteiger partial charge in [0.15, 0.2) is 0 Å². The second-order valence-electron chi connectivity index (χ2n) is 7.70. The normalized spacial score (nSPS) is 22.4. The van der Waals surface area contributed by atoms with Gasteiger partial charge in [0.1, 0.15) is 5.75 Å². The van der Waals surface area contributed by atoms with Crippen LogP contribution in [0.4, 0.5) is 8.78 Å². The summed E-state index contributed by atoms with van der Waals surface area (Å²) in [6, 6.07) is 13.3. The molecule has 2 aromatic rings. The Morgan fingerprint density at radius 2 is 1.90 bits per heavy atom. The van der Waals surface area contributed by atoms with Gasteiger partial charge < -0.3 is 4.74 Å². The largest absolute Gasteiger partial charge is 0.497 e. The molecule has 1 saturated heterocycles. The van der Waals surface area contributed by atoms with Crippen LogP contribution in [0, 0.1) is 0 Å². The molecule has 2 aromatic carbocycles. The fraction of sp³-hybridized carbons (Fsp3) is 0.429. The molecule has 5 nitrogen and oxygen atoms in total. The van der Waals surface area contributed by atoms with E-state index >= 15 is 0 Å². The third-order valence-corrected chi connectivity index (χ3v) is 7.55. The van der Waals surface area contributed by atoms with E-state index in [4.69, 9.17) is 4.74 Å². The highest BCUT2D eigenvalue weighted by molar-refractivity contribution is 7.89. The van der Waals surface area contributed by atoms with Crippen molar-refractivity contribution < 1.29 is 21.9 Å². The van der Waals surface area contributed by atoms with Gasteiger partial charge in [-0.2, -0.15) is 4.31 Å². The maximum Gasteiger partial charge on any atom is 0.263 e. The molecule has 0 spiro atoms. The van der Waals surface area contributed by atoms with Gasteiger partial charge in [0.2, 0.25) is 10.0 Å². The Hall–Kier alpha value is -2.03. The molecule has 0 radical (unpaired) electrons. The fourth-order valence-corrected chi connectivity index (χ4v) is 5.89. The van der Waals surface area contributed by atoms with Crippen molar-refractivity contribution in [2.45, 2.75) is 36.2 Å². The molecule has 0 unspecified atom stereocenters. The minimum absolute atomic E-state index is 0.0245. The molecule has 1 atom stereocenters. The Morgan fingerprint density at radius 1 is 1.14 bits per heavy atom. The van der Waals surface area contributed by atoms with E-state index in [1.807, 2.05) is 18.2 Å². The Kier molecular flexibility index (Phi) is 5.35. The first-order valence-corrected chi connectivity index (χ1v) is 11.1. The number of halogens is 2. The smallest absolute Gasteiger partial charge is 0.263 e. The van der Waals surface area contributed by atoms with Crippen LogP contribution in [0.25, 0.3) is 0 Å². The van der Waals surface area contributed by atoms with Crippen molar-refractivity contribution in [2.24, 2.45) is 0 Å². The molecule has 8 heteroatoms. The van der Waals surface area contributed by atoms with E-state index in [0.29, 0.717) is 12.3 Å². The van der Waals surface area contributed by atoms with Crippen LogP contribution in [0.15, 0.2) is 53.4 Å². The minimum atomic E-state index is -4.06. The monoisotopic (exact) mass is 422 g/mol. The van der Waals surface area contributed by atoms with Crippen molar-refractivity contribution in [3.05, 3.63) is 59.7 Å². The van der Waals surface area contributed by atoms with Crippen LogP contribution in [-0.4, -0.2) is 56.3 Å². The maximum absolute atomic E-state index is 14.3. The molecule has 0 aromatic heterocycles. The highest BCUT2D eigenvalue weighted by atomic mass is 32.2. The number of hydrogen-bond donors (Lipinski definition) is 0. The van der Waals surface area contributed by atoms with Crippen molar-refractivity contribution in [3.63, 3.8) is 0 Å². The van der Waals surface area contributed by atoms with Gasteiger partial charge in [-0.05, 0) is 29.7 Å². The van der Waals surface area contributed by atoms with Crippen LogP contribution in [0.1, 0.15) is 17.5 Å². The molecular formula is C21H24F2N2O3S. The number of rotatable bonds is 5. The first kappa shape index (κ1) is 20.3. The minimum Gasteiger partial charge on any atom is -0.497 e. The highest BCUT2D eigenvalue weighted by Crippen LogP contribution is 2.37. The Balaban J connectivity index is 1.57. The lowest BCUT2D eigenvalue weighted by atomic mass is 9.99. The number of sulfonamides is 1. The molecule has 2 aliphatic rings. The van der Waals surface area contributed by atoms with Crippen LogP contribution >= 0.6 is 0 Å². The van der Waals surface area contributed by atoms with Gasteiger partial charge in [-0.1, -0.05) is 30.3 Å². The van der Waals surface area contributed by atoms with E-state index in [-0.39, 0.29) is 11.4 Å². The first-order valence-electron chi connectivity index (χ1n) is 9.61. The molecule has 0 aliphatic carbocycles. The van der Waals surface area contributed by atoms with Crippen LogP contribution in [0.5, 0.6) is 5.75 Å². The molecule has 2 aliphatic heterocycles. The molecule has 156 valence electrons. The number of nitrogens with zero attached hydrogens (tertiary/aromatic N) is 2. The Labute approximate surface area is 169 Å². The number of hydrogen-bond acceptors (Lipinski definition) is 4. The van der Waals surface area contributed by atoms with Crippen molar-refractivity contribution in [2.75, 3.05) is 26.7 Å². The van der Waals surface area contributed by atoms with Crippen LogP contribution < -0.4 is 4.74 Å². The van der Waals surface area contributed by atoms with Gasteiger partial charge in [0.25, 0.3) is 5.92 Å². The van der Waals surface area contributed by atoms with Gasteiger partial charge in [-0.15, -0.1) is 0 Å². The molecular weight excluding hydrogens is 398 g/mol. The second-order valence-corrected chi connectivity index (χ2v) is 9.59. The summed E-state index contributed by atoms with van der Waals surface area (Å²) in [5, 5.41) is 0. The van der Waals surface area contributed by atoms with Crippen molar-refractivity contribution in [1.29, 1.82) is 0 Å². The molecule has 4 rings (SSSR count). The van der Waals surface area contributed by atoms with Gasteiger partial charge >= 0.3 is 0 Å². The molecule has 2 heterocycles.